The Kier molecular flexibility index (Phi) is 8.35. The van der Waals surface area contributed by atoms with Crippen molar-refractivity contribution >= 4 is 17.2 Å². The van der Waals surface area contributed by atoms with Crippen molar-refractivity contribution in [2.45, 2.75) is 63.4 Å². The summed E-state index contributed by atoms with van der Waals surface area (Å²) in [6.45, 7) is 2.05. The van der Waals surface area contributed by atoms with Crippen LogP contribution in [0.25, 0.3) is 11.2 Å². The van der Waals surface area contributed by atoms with E-state index >= 15 is 0 Å². The van der Waals surface area contributed by atoms with Crippen molar-refractivity contribution in [2.24, 2.45) is 0 Å². The van der Waals surface area contributed by atoms with Crippen LogP contribution in [0.1, 0.15) is 66.3 Å². The van der Waals surface area contributed by atoms with E-state index in [1.165, 1.54) is 6.07 Å². The molecule has 2 aliphatic rings. The second-order valence-electron chi connectivity index (χ2n) is 12.0. The number of imidazole rings is 2. The van der Waals surface area contributed by atoms with Gasteiger partial charge in [-0.05, 0) is 55.0 Å². The van der Waals surface area contributed by atoms with Crippen molar-refractivity contribution in [3.8, 4) is 0 Å². The maximum absolute atomic E-state index is 14.9. The van der Waals surface area contributed by atoms with E-state index in [4.69, 9.17) is 9.72 Å². The number of ether oxygens (including phenoxy) is 1. The Hall–Kier alpha value is -4.84. The fraction of sp³-hybridized carbons (Fsp3) is 0.353. The lowest BCUT2D eigenvalue weighted by atomic mass is 9.93. The van der Waals surface area contributed by atoms with Gasteiger partial charge in [-0.2, -0.15) is 0 Å². The van der Waals surface area contributed by atoms with Crippen LogP contribution in [0.15, 0.2) is 77.9 Å². The molecule has 12 heteroatoms. The number of nitrogens with one attached hydrogen (secondary N) is 2. The SMILES string of the molecule is O=C(N[C@@H]1CC[C@@H](c2cccc(F)c2F)Cn2cc(COCc3ccccc3)nc21)N1CCC(n2c(=O)[nH]c3ncccc32)CC1. The van der Waals surface area contributed by atoms with Gasteiger partial charge in [-0.25, -0.2) is 28.3 Å². The number of urea groups is 1. The number of halogens is 2. The second kappa shape index (κ2) is 12.9. The van der Waals surface area contributed by atoms with E-state index in [-0.39, 0.29) is 30.3 Å². The Labute approximate surface area is 264 Å². The Morgan fingerprint density at radius 3 is 2.63 bits per heavy atom. The average molecular weight is 628 g/mol. The summed E-state index contributed by atoms with van der Waals surface area (Å²) in [5.74, 6) is -1.35. The van der Waals surface area contributed by atoms with Gasteiger partial charge in [-0.3, -0.25) is 9.55 Å². The van der Waals surface area contributed by atoms with E-state index in [2.05, 4.69) is 15.3 Å². The van der Waals surface area contributed by atoms with Crippen LogP contribution in [0.3, 0.4) is 0 Å². The quantitative estimate of drug-likeness (QED) is 0.245. The highest BCUT2D eigenvalue weighted by Gasteiger charge is 2.32. The molecule has 0 radical (unpaired) electrons. The summed E-state index contributed by atoms with van der Waals surface area (Å²) in [4.78, 5) is 40.0. The number of rotatable bonds is 7. The molecule has 1 saturated heterocycles. The van der Waals surface area contributed by atoms with Crippen LogP contribution in [0.4, 0.5) is 13.6 Å². The first-order valence-electron chi connectivity index (χ1n) is 15.7. The number of aromatic amines is 1. The van der Waals surface area contributed by atoms with Crippen LogP contribution in [0.2, 0.25) is 0 Å². The molecule has 0 saturated carbocycles. The lowest BCUT2D eigenvalue weighted by molar-refractivity contribution is 0.104. The molecule has 46 heavy (non-hydrogen) atoms. The molecular weight excluding hydrogens is 592 g/mol. The summed E-state index contributed by atoms with van der Waals surface area (Å²) in [5, 5.41) is 3.18. The number of nitrogens with zero attached hydrogens (tertiary/aromatic N) is 5. The largest absolute Gasteiger partial charge is 0.370 e. The number of H-pyrrole nitrogens is 1. The zero-order valence-corrected chi connectivity index (χ0v) is 25.2. The minimum atomic E-state index is -0.873. The van der Waals surface area contributed by atoms with E-state index in [0.29, 0.717) is 74.7 Å². The van der Waals surface area contributed by atoms with Gasteiger partial charge in [0.1, 0.15) is 5.82 Å². The van der Waals surface area contributed by atoms with Gasteiger partial charge in [0.2, 0.25) is 0 Å². The van der Waals surface area contributed by atoms with Gasteiger partial charge in [0.15, 0.2) is 17.3 Å². The minimum absolute atomic E-state index is 0.0494. The predicted molar refractivity (Wildman–Crippen MR) is 167 cm³/mol. The molecule has 2 N–H and O–H groups in total. The fourth-order valence-electron chi connectivity index (χ4n) is 6.77. The molecule has 10 nitrogen and oxygen atoms in total. The highest BCUT2D eigenvalue weighted by molar-refractivity contribution is 5.75. The Morgan fingerprint density at radius 2 is 1.80 bits per heavy atom. The van der Waals surface area contributed by atoms with Crippen molar-refractivity contribution in [1.29, 1.82) is 0 Å². The van der Waals surface area contributed by atoms with Gasteiger partial charge in [-0.1, -0.05) is 42.5 Å². The summed E-state index contributed by atoms with van der Waals surface area (Å²) < 4.78 is 38.7. The maximum atomic E-state index is 14.9. The smallest absolute Gasteiger partial charge is 0.327 e. The van der Waals surface area contributed by atoms with E-state index in [1.807, 2.05) is 47.2 Å². The van der Waals surface area contributed by atoms with Gasteiger partial charge in [-0.15, -0.1) is 0 Å². The molecule has 5 heterocycles. The summed E-state index contributed by atoms with van der Waals surface area (Å²) in [6, 6.07) is 17.1. The van der Waals surface area contributed by atoms with Crippen LogP contribution in [-0.4, -0.2) is 48.1 Å². The minimum Gasteiger partial charge on any atom is -0.370 e. The fourth-order valence-corrected chi connectivity index (χ4v) is 6.77. The molecule has 3 aromatic heterocycles. The van der Waals surface area contributed by atoms with Crippen LogP contribution in [0, 0.1) is 11.6 Å². The molecule has 2 atom stereocenters. The number of pyridine rings is 1. The Morgan fingerprint density at radius 1 is 0.978 bits per heavy atom. The number of hydrogen-bond acceptors (Lipinski definition) is 5. The number of amides is 2. The second-order valence-corrected chi connectivity index (χ2v) is 12.0. The predicted octanol–water partition coefficient (Wildman–Crippen LogP) is 5.58. The van der Waals surface area contributed by atoms with Gasteiger partial charge in [0.25, 0.3) is 0 Å². The van der Waals surface area contributed by atoms with Gasteiger partial charge >= 0.3 is 11.7 Å². The summed E-state index contributed by atoms with van der Waals surface area (Å²) >= 11 is 0. The lowest BCUT2D eigenvalue weighted by Gasteiger charge is -2.33. The number of aromatic nitrogens is 5. The number of hydrogen-bond donors (Lipinski definition) is 2. The first kappa shape index (κ1) is 29.8. The van der Waals surface area contributed by atoms with Crippen LogP contribution in [0.5, 0.6) is 0 Å². The highest BCUT2D eigenvalue weighted by atomic mass is 19.2. The molecule has 2 aliphatic heterocycles. The third kappa shape index (κ3) is 6.04. The maximum Gasteiger partial charge on any atom is 0.327 e. The van der Waals surface area contributed by atoms with Crippen molar-refractivity contribution in [3.05, 3.63) is 118 Å². The van der Waals surface area contributed by atoms with Crippen molar-refractivity contribution in [2.75, 3.05) is 13.1 Å². The van der Waals surface area contributed by atoms with Crippen molar-refractivity contribution < 1.29 is 18.3 Å². The Balaban J connectivity index is 1.06. The van der Waals surface area contributed by atoms with Crippen LogP contribution < -0.4 is 11.0 Å². The molecule has 7 rings (SSSR count). The highest BCUT2D eigenvalue weighted by Crippen LogP contribution is 2.35. The molecule has 238 valence electrons. The zero-order valence-electron chi connectivity index (χ0n) is 25.2. The number of carbonyl (C=O) groups excluding carboxylic acids is 1. The van der Waals surface area contributed by atoms with E-state index in [0.717, 1.165) is 17.1 Å². The summed E-state index contributed by atoms with van der Waals surface area (Å²) in [7, 11) is 0. The van der Waals surface area contributed by atoms with Gasteiger partial charge in [0.05, 0.1) is 30.5 Å². The van der Waals surface area contributed by atoms with Crippen molar-refractivity contribution in [1.82, 2.24) is 34.3 Å². The number of piperidine rings is 1. The third-order valence-electron chi connectivity index (χ3n) is 9.08. The van der Waals surface area contributed by atoms with E-state index in [1.54, 1.807) is 27.8 Å². The first-order valence-corrected chi connectivity index (χ1v) is 15.7. The van der Waals surface area contributed by atoms with Gasteiger partial charge in [0, 0.05) is 44.0 Å². The lowest BCUT2D eigenvalue weighted by Crippen LogP contribution is -2.46. The van der Waals surface area contributed by atoms with Crippen molar-refractivity contribution in [3.63, 3.8) is 0 Å². The number of likely N-dealkylation sites (tertiary alicyclic amines) is 1. The molecule has 5 aromatic rings. The van der Waals surface area contributed by atoms with E-state index in [9.17, 15) is 18.4 Å². The zero-order chi connectivity index (χ0) is 31.6. The molecule has 2 amide bonds. The number of benzene rings is 2. The topological polar surface area (TPSA) is 110 Å². The third-order valence-corrected chi connectivity index (χ3v) is 9.08. The molecule has 0 bridgehead atoms. The van der Waals surface area contributed by atoms with E-state index < -0.39 is 17.7 Å². The molecule has 0 spiro atoms. The average Bonchev–Trinajstić information content (AvgIpc) is 3.58. The number of fused-ring (bicyclic) bond motifs is 2. The standard InChI is InChI=1S/C34H35F2N7O3/c35-27-9-4-8-26(30(27)36)23-11-12-28(32-38-24(19-42(32)18-23)21-46-20-22-6-2-1-3-7-22)39-33(44)41-16-13-25(14-17-41)43-29-10-5-15-37-31(29)40-34(43)45/h1-10,15,19,23,25,28H,11-14,16-18,20-21H2,(H,39,44)(H,37,40,45)/t23-,28-/m1/s1. The molecule has 0 aliphatic carbocycles. The normalized spacial score (nSPS) is 18.8. The Bertz CT molecular complexity index is 1900. The number of carbonyl (C=O) groups is 1. The van der Waals surface area contributed by atoms with Crippen LogP contribution in [-0.2, 0) is 24.5 Å². The van der Waals surface area contributed by atoms with Crippen LogP contribution >= 0.6 is 0 Å². The monoisotopic (exact) mass is 627 g/mol. The van der Waals surface area contributed by atoms with Gasteiger partial charge < -0.3 is 19.5 Å². The molecule has 1 fully saturated rings. The molecule has 2 aromatic carbocycles. The summed E-state index contributed by atoms with van der Waals surface area (Å²) in [5.41, 5.74) is 3.18. The molecule has 0 unspecified atom stereocenters. The first-order chi connectivity index (χ1) is 22.4. The summed E-state index contributed by atoms with van der Waals surface area (Å²) in [6.07, 6.45) is 5.81. The molecular formula is C34H35F2N7O3.